The summed E-state index contributed by atoms with van der Waals surface area (Å²) in [6.45, 7) is 1.52. The van der Waals surface area contributed by atoms with Gasteiger partial charge in [0.1, 0.15) is 0 Å². The van der Waals surface area contributed by atoms with Crippen molar-refractivity contribution in [3.8, 4) is 0 Å². The summed E-state index contributed by atoms with van der Waals surface area (Å²) in [5.41, 5.74) is 1.89. The van der Waals surface area contributed by atoms with Crippen LogP contribution in [0.2, 0.25) is 10.0 Å². The molecular weight excluding hydrogens is 483 g/mol. The Hall–Kier alpha value is -2.09. The smallest absolute Gasteiger partial charge is 0.311 e. The number of hydrogen-bond acceptors (Lipinski definition) is 4. The highest BCUT2D eigenvalue weighted by atomic mass is 79.9. The predicted octanol–water partition coefficient (Wildman–Crippen LogP) is 4.60. The van der Waals surface area contributed by atoms with Crippen molar-refractivity contribution in [1.82, 2.24) is 0 Å². The molecule has 1 aliphatic rings. The van der Waals surface area contributed by atoms with Gasteiger partial charge in [0.15, 0.2) is 6.61 Å². The van der Waals surface area contributed by atoms with E-state index in [1.807, 2.05) is 0 Å². The van der Waals surface area contributed by atoms with Gasteiger partial charge in [0.2, 0.25) is 5.91 Å². The fraction of sp³-hybridized carbons (Fsp3) is 0.250. The lowest BCUT2D eigenvalue weighted by molar-refractivity contribution is -0.151. The minimum atomic E-state index is -0.630. The largest absolute Gasteiger partial charge is 0.455 e. The van der Waals surface area contributed by atoms with Gasteiger partial charge in [0.05, 0.1) is 10.9 Å². The lowest BCUT2D eigenvalue weighted by atomic mass is 10.1. The first-order chi connectivity index (χ1) is 13.8. The Morgan fingerprint density at radius 2 is 1.90 bits per heavy atom. The highest BCUT2D eigenvalue weighted by molar-refractivity contribution is 9.10. The van der Waals surface area contributed by atoms with Crippen LogP contribution in [-0.2, 0) is 19.1 Å². The zero-order valence-corrected chi connectivity index (χ0v) is 18.5. The summed E-state index contributed by atoms with van der Waals surface area (Å²) in [5, 5.41) is 3.71. The van der Waals surface area contributed by atoms with E-state index < -0.39 is 24.4 Å². The Bertz CT molecular complexity index is 966. The molecule has 0 unspecified atom stereocenters. The van der Waals surface area contributed by atoms with Crippen molar-refractivity contribution in [1.29, 1.82) is 0 Å². The number of carbonyl (C=O) groups excluding carboxylic acids is 3. The number of anilines is 2. The summed E-state index contributed by atoms with van der Waals surface area (Å²) >= 11 is 15.3. The highest BCUT2D eigenvalue weighted by Crippen LogP contribution is 2.31. The molecule has 1 atom stereocenters. The first-order valence-electron chi connectivity index (χ1n) is 8.73. The predicted molar refractivity (Wildman–Crippen MR) is 115 cm³/mol. The van der Waals surface area contributed by atoms with Gasteiger partial charge < -0.3 is 15.0 Å². The molecule has 3 rings (SSSR count). The fourth-order valence-corrected chi connectivity index (χ4v) is 3.68. The zero-order chi connectivity index (χ0) is 21.1. The number of carbonyl (C=O) groups is 3. The van der Waals surface area contributed by atoms with Crippen molar-refractivity contribution >= 4 is 68.3 Å². The summed E-state index contributed by atoms with van der Waals surface area (Å²) in [4.78, 5) is 38.2. The molecule has 0 bridgehead atoms. The topological polar surface area (TPSA) is 75.7 Å². The number of nitrogens with one attached hydrogen (secondary N) is 1. The van der Waals surface area contributed by atoms with Crippen molar-refractivity contribution in [3.05, 3.63) is 56.5 Å². The van der Waals surface area contributed by atoms with Gasteiger partial charge in [-0.25, -0.2) is 0 Å². The molecule has 0 radical (unpaired) electrons. The summed E-state index contributed by atoms with van der Waals surface area (Å²) in [6.07, 6.45) is 0.0322. The van der Waals surface area contributed by atoms with Crippen LogP contribution in [0.3, 0.4) is 0 Å². The number of benzene rings is 2. The maximum absolute atomic E-state index is 12.3. The second-order valence-corrected chi connectivity index (χ2v) is 8.24. The van der Waals surface area contributed by atoms with E-state index >= 15 is 0 Å². The number of rotatable bonds is 5. The molecule has 0 aliphatic carbocycles. The third-order valence-electron chi connectivity index (χ3n) is 4.56. The molecular formula is C20H17BrCl2N2O4. The number of esters is 1. The van der Waals surface area contributed by atoms with E-state index in [0.717, 1.165) is 4.47 Å². The molecule has 152 valence electrons. The first-order valence-corrected chi connectivity index (χ1v) is 10.3. The molecule has 1 heterocycles. The van der Waals surface area contributed by atoms with Gasteiger partial charge in [-0.15, -0.1) is 0 Å². The Kier molecular flexibility index (Phi) is 6.82. The van der Waals surface area contributed by atoms with E-state index in [1.54, 1.807) is 43.3 Å². The second-order valence-electron chi connectivity index (χ2n) is 6.57. The zero-order valence-electron chi connectivity index (χ0n) is 15.4. The molecule has 9 heteroatoms. The van der Waals surface area contributed by atoms with Crippen molar-refractivity contribution in [2.75, 3.05) is 23.4 Å². The van der Waals surface area contributed by atoms with Crippen LogP contribution in [0.4, 0.5) is 11.4 Å². The minimum Gasteiger partial charge on any atom is -0.455 e. The SMILES string of the molecule is Cc1c(NC(=O)COC(=O)[C@@H]2CC(=O)N(c3ccc(Cl)cc3)C2)ccc(Br)c1Cl. The van der Waals surface area contributed by atoms with Crippen LogP contribution in [0.15, 0.2) is 40.9 Å². The normalized spacial score (nSPS) is 16.1. The maximum Gasteiger partial charge on any atom is 0.311 e. The summed E-state index contributed by atoms with van der Waals surface area (Å²) in [7, 11) is 0. The third-order valence-corrected chi connectivity index (χ3v) is 6.18. The summed E-state index contributed by atoms with van der Waals surface area (Å²) in [6, 6.07) is 10.2. The first kappa shape index (κ1) is 21.6. The van der Waals surface area contributed by atoms with Crippen molar-refractivity contribution < 1.29 is 19.1 Å². The number of nitrogens with zero attached hydrogens (tertiary/aromatic N) is 1. The van der Waals surface area contributed by atoms with Crippen LogP contribution < -0.4 is 10.2 Å². The molecule has 1 fully saturated rings. The van der Waals surface area contributed by atoms with Crippen molar-refractivity contribution in [3.63, 3.8) is 0 Å². The van der Waals surface area contributed by atoms with E-state index in [1.165, 1.54) is 4.90 Å². The number of halogens is 3. The highest BCUT2D eigenvalue weighted by Gasteiger charge is 2.36. The Balaban J connectivity index is 1.54. The van der Waals surface area contributed by atoms with Crippen molar-refractivity contribution in [2.45, 2.75) is 13.3 Å². The molecule has 1 aliphatic heterocycles. The quantitative estimate of drug-likeness (QED) is 0.610. The van der Waals surface area contributed by atoms with Crippen LogP contribution in [0, 0.1) is 12.8 Å². The average Bonchev–Trinajstić information content (AvgIpc) is 3.09. The van der Waals surface area contributed by atoms with E-state index in [9.17, 15) is 14.4 Å². The van der Waals surface area contributed by atoms with Gasteiger partial charge in [0.25, 0.3) is 5.91 Å². The van der Waals surface area contributed by atoms with E-state index in [4.69, 9.17) is 27.9 Å². The standard InChI is InChI=1S/C20H17BrCl2N2O4/c1-11-16(7-6-15(21)19(11)23)24-17(26)10-29-20(28)12-8-18(27)25(9-12)14-4-2-13(22)3-5-14/h2-7,12H,8-10H2,1H3,(H,24,26)/t12-/m1/s1. The summed E-state index contributed by atoms with van der Waals surface area (Å²) < 4.78 is 5.83. The molecule has 2 aromatic rings. The minimum absolute atomic E-state index is 0.0322. The number of hydrogen-bond donors (Lipinski definition) is 1. The van der Waals surface area contributed by atoms with Gasteiger partial charge in [-0.1, -0.05) is 23.2 Å². The van der Waals surface area contributed by atoms with Gasteiger partial charge >= 0.3 is 5.97 Å². The monoisotopic (exact) mass is 498 g/mol. The number of amides is 2. The van der Waals surface area contributed by atoms with Crippen LogP contribution in [0.1, 0.15) is 12.0 Å². The fourth-order valence-electron chi connectivity index (χ4n) is 2.96. The van der Waals surface area contributed by atoms with Crippen LogP contribution >= 0.6 is 39.1 Å². The maximum atomic E-state index is 12.3. The van der Waals surface area contributed by atoms with Crippen LogP contribution in [0.25, 0.3) is 0 Å². The lowest BCUT2D eigenvalue weighted by Gasteiger charge is -2.16. The van der Waals surface area contributed by atoms with E-state index in [2.05, 4.69) is 21.2 Å². The van der Waals surface area contributed by atoms with Crippen LogP contribution in [-0.4, -0.2) is 30.9 Å². The Morgan fingerprint density at radius 3 is 2.59 bits per heavy atom. The molecule has 29 heavy (non-hydrogen) atoms. The number of ether oxygens (including phenoxy) is 1. The van der Waals surface area contributed by atoms with Gasteiger partial charge in [0, 0.05) is 33.8 Å². The molecule has 6 nitrogen and oxygen atoms in total. The lowest BCUT2D eigenvalue weighted by Crippen LogP contribution is -2.28. The second kappa shape index (κ2) is 9.15. The van der Waals surface area contributed by atoms with E-state index in [0.29, 0.717) is 27.0 Å². The molecule has 0 saturated carbocycles. The molecule has 2 amide bonds. The van der Waals surface area contributed by atoms with Gasteiger partial charge in [-0.2, -0.15) is 0 Å². The van der Waals surface area contributed by atoms with Crippen LogP contribution in [0.5, 0.6) is 0 Å². The van der Waals surface area contributed by atoms with E-state index in [-0.39, 0.29) is 18.9 Å². The molecule has 0 aromatic heterocycles. The molecule has 0 spiro atoms. The van der Waals surface area contributed by atoms with Gasteiger partial charge in [-0.05, 0) is 64.8 Å². The Morgan fingerprint density at radius 1 is 1.21 bits per heavy atom. The Labute approximate surface area is 186 Å². The third kappa shape index (κ3) is 5.10. The van der Waals surface area contributed by atoms with Gasteiger partial charge in [-0.3, -0.25) is 14.4 Å². The molecule has 1 N–H and O–H groups in total. The molecule has 2 aromatic carbocycles. The van der Waals surface area contributed by atoms with Crippen molar-refractivity contribution in [2.24, 2.45) is 5.92 Å². The molecule has 1 saturated heterocycles. The summed E-state index contributed by atoms with van der Waals surface area (Å²) in [5.74, 6) is -1.89. The average molecular weight is 500 g/mol.